The lowest BCUT2D eigenvalue weighted by atomic mass is 9.88. The van der Waals surface area contributed by atoms with E-state index in [-0.39, 0.29) is 6.61 Å². The number of aliphatic hydroxyl groups is 1. The van der Waals surface area contributed by atoms with E-state index in [4.69, 9.17) is 5.73 Å². The molecule has 1 aliphatic heterocycles. The molecule has 0 radical (unpaired) electrons. The molecule has 1 saturated heterocycles. The molecule has 1 aliphatic carbocycles. The first-order chi connectivity index (χ1) is 9.71. The average molecular weight is 274 g/mol. The van der Waals surface area contributed by atoms with Crippen LogP contribution in [0.3, 0.4) is 0 Å². The van der Waals surface area contributed by atoms with Crippen molar-refractivity contribution in [1.82, 2.24) is 4.90 Å². The number of rotatable bonds is 5. The van der Waals surface area contributed by atoms with Crippen LogP contribution < -0.4 is 5.73 Å². The zero-order chi connectivity index (χ0) is 14.0. The summed E-state index contributed by atoms with van der Waals surface area (Å²) in [7, 11) is 0. The van der Waals surface area contributed by atoms with Crippen molar-refractivity contribution in [1.29, 1.82) is 0 Å². The number of hydrogen-bond donors (Lipinski definition) is 2. The summed E-state index contributed by atoms with van der Waals surface area (Å²) in [6, 6.07) is 10.0. The Hall–Kier alpha value is -0.900. The second kappa shape index (κ2) is 5.84. The Morgan fingerprint density at radius 3 is 2.40 bits per heavy atom. The van der Waals surface area contributed by atoms with Gasteiger partial charge >= 0.3 is 0 Å². The van der Waals surface area contributed by atoms with Crippen LogP contribution in [0.5, 0.6) is 0 Å². The van der Waals surface area contributed by atoms with Crippen molar-refractivity contribution in [3.05, 3.63) is 35.9 Å². The highest BCUT2D eigenvalue weighted by atomic mass is 16.3. The second-order valence-corrected chi connectivity index (χ2v) is 6.64. The van der Waals surface area contributed by atoms with E-state index in [9.17, 15) is 5.11 Å². The molecule has 0 spiro atoms. The van der Waals surface area contributed by atoms with Gasteiger partial charge in [-0.25, -0.2) is 0 Å². The zero-order valence-electron chi connectivity index (χ0n) is 12.2. The van der Waals surface area contributed by atoms with Gasteiger partial charge in [0.2, 0.25) is 0 Å². The molecule has 0 bridgehead atoms. The fourth-order valence-corrected chi connectivity index (χ4v) is 3.96. The molecular formula is C17H26N2O. The molecule has 3 heteroatoms. The van der Waals surface area contributed by atoms with Crippen LogP contribution >= 0.6 is 0 Å². The normalized spacial score (nSPS) is 29.3. The number of aliphatic hydroxyl groups excluding tert-OH is 1. The molecule has 20 heavy (non-hydrogen) atoms. The number of nitrogens with zero attached hydrogens (tertiary/aromatic N) is 1. The summed E-state index contributed by atoms with van der Waals surface area (Å²) in [5, 5.41) is 9.73. The molecule has 3 atom stereocenters. The predicted octanol–water partition coefficient (Wildman–Crippen LogP) is 1.95. The van der Waals surface area contributed by atoms with E-state index in [1.807, 2.05) is 30.3 Å². The van der Waals surface area contributed by atoms with Crippen LogP contribution in [-0.2, 0) is 5.54 Å². The maximum atomic E-state index is 9.73. The van der Waals surface area contributed by atoms with Crippen LogP contribution in [0.1, 0.15) is 31.2 Å². The minimum Gasteiger partial charge on any atom is -0.394 e. The summed E-state index contributed by atoms with van der Waals surface area (Å²) in [4.78, 5) is 2.55. The molecule has 1 saturated carbocycles. The fourth-order valence-electron chi connectivity index (χ4n) is 3.96. The summed E-state index contributed by atoms with van der Waals surface area (Å²) < 4.78 is 0. The fraction of sp³-hybridized carbons (Fsp3) is 0.647. The first-order valence-electron chi connectivity index (χ1n) is 7.89. The van der Waals surface area contributed by atoms with Crippen LogP contribution in [0.25, 0.3) is 0 Å². The van der Waals surface area contributed by atoms with E-state index < -0.39 is 5.54 Å². The molecular weight excluding hydrogens is 248 g/mol. The predicted molar refractivity (Wildman–Crippen MR) is 81.3 cm³/mol. The first-order valence-corrected chi connectivity index (χ1v) is 7.89. The van der Waals surface area contributed by atoms with Crippen molar-refractivity contribution < 1.29 is 5.11 Å². The van der Waals surface area contributed by atoms with Crippen molar-refractivity contribution in [2.75, 3.05) is 26.2 Å². The van der Waals surface area contributed by atoms with Gasteiger partial charge < -0.3 is 15.7 Å². The number of benzene rings is 1. The van der Waals surface area contributed by atoms with Crippen molar-refractivity contribution in [2.45, 2.75) is 31.2 Å². The Morgan fingerprint density at radius 2 is 1.80 bits per heavy atom. The third-order valence-corrected chi connectivity index (χ3v) is 5.31. The number of hydrogen-bond acceptors (Lipinski definition) is 3. The molecule has 110 valence electrons. The van der Waals surface area contributed by atoms with Gasteiger partial charge in [0.15, 0.2) is 0 Å². The molecule has 1 aromatic rings. The van der Waals surface area contributed by atoms with Gasteiger partial charge in [0, 0.05) is 19.6 Å². The standard InChI is InChI=1S/C17H26N2O/c18-17(13-20,16-7-2-1-3-8-16)9-10-19-11-14-5-4-6-15(14)12-19/h1-3,7-8,14-15,20H,4-6,9-13,18H2. The molecule has 3 unspecified atom stereocenters. The van der Waals surface area contributed by atoms with Crippen LogP contribution in [0.15, 0.2) is 30.3 Å². The van der Waals surface area contributed by atoms with Crippen molar-refractivity contribution in [2.24, 2.45) is 17.6 Å². The van der Waals surface area contributed by atoms with E-state index in [1.54, 1.807) is 0 Å². The molecule has 2 fully saturated rings. The Balaban J connectivity index is 1.59. The van der Waals surface area contributed by atoms with Crippen LogP contribution in [0, 0.1) is 11.8 Å². The highest BCUT2D eigenvalue weighted by molar-refractivity contribution is 5.24. The van der Waals surface area contributed by atoms with Gasteiger partial charge in [0.25, 0.3) is 0 Å². The SMILES string of the molecule is NC(CO)(CCN1CC2CCCC2C1)c1ccccc1. The molecule has 2 aliphatic rings. The second-order valence-electron chi connectivity index (χ2n) is 6.64. The van der Waals surface area contributed by atoms with Crippen molar-refractivity contribution in [3.8, 4) is 0 Å². The summed E-state index contributed by atoms with van der Waals surface area (Å²) in [6.07, 6.45) is 5.07. The summed E-state index contributed by atoms with van der Waals surface area (Å²) in [6.45, 7) is 3.48. The third kappa shape index (κ3) is 2.76. The highest BCUT2D eigenvalue weighted by Crippen LogP contribution is 2.38. The highest BCUT2D eigenvalue weighted by Gasteiger charge is 2.37. The maximum Gasteiger partial charge on any atom is 0.0656 e. The summed E-state index contributed by atoms with van der Waals surface area (Å²) >= 11 is 0. The van der Waals surface area contributed by atoms with Gasteiger partial charge in [-0.2, -0.15) is 0 Å². The first kappa shape index (κ1) is 14.1. The molecule has 3 rings (SSSR count). The molecule has 1 heterocycles. The molecule has 0 aromatic heterocycles. The minimum absolute atomic E-state index is 0.0116. The number of fused-ring (bicyclic) bond motifs is 1. The van der Waals surface area contributed by atoms with Gasteiger partial charge in [0.05, 0.1) is 12.1 Å². The minimum atomic E-state index is -0.598. The average Bonchev–Trinajstić information content (AvgIpc) is 3.07. The van der Waals surface area contributed by atoms with Crippen LogP contribution in [0.4, 0.5) is 0 Å². The van der Waals surface area contributed by atoms with Crippen LogP contribution in [0.2, 0.25) is 0 Å². The van der Waals surface area contributed by atoms with Crippen molar-refractivity contribution in [3.63, 3.8) is 0 Å². The number of likely N-dealkylation sites (tertiary alicyclic amines) is 1. The van der Waals surface area contributed by atoms with Gasteiger partial charge in [-0.15, -0.1) is 0 Å². The molecule has 1 aromatic carbocycles. The monoisotopic (exact) mass is 274 g/mol. The van der Waals surface area contributed by atoms with Gasteiger partial charge in [-0.1, -0.05) is 36.8 Å². The van der Waals surface area contributed by atoms with E-state index in [1.165, 1.54) is 32.4 Å². The molecule has 0 amide bonds. The molecule has 3 N–H and O–H groups in total. The Labute approximate surface area is 121 Å². The quantitative estimate of drug-likeness (QED) is 0.863. The van der Waals surface area contributed by atoms with Crippen LogP contribution in [-0.4, -0.2) is 36.2 Å². The number of nitrogens with two attached hydrogens (primary N) is 1. The van der Waals surface area contributed by atoms with Gasteiger partial charge in [-0.3, -0.25) is 0 Å². The van der Waals surface area contributed by atoms with Crippen molar-refractivity contribution >= 4 is 0 Å². The van der Waals surface area contributed by atoms with Gasteiger partial charge in [0.1, 0.15) is 0 Å². The summed E-state index contributed by atoms with van der Waals surface area (Å²) in [5.74, 6) is 1.85. The van der Waals surface area contributed by atoms with E-state index in [2.05, 4.69) is 4.90 Å². The lowest BCUT2D eigenvalue weighted by Gasteiger charge is -2.30. The Kier molecular flexibility index (Phi) is 4.11. The van der Waals surface area contributed by atoms with E-state index in [0.717, 1.165) is 30.4 Å². The molecule has 3 nitrogen and oxygen atoms in total. The smallest absolute Gasteiger partial charge is 0.0656 e. The maximum absolute atomic E-state index is 9.73. The Bertz CT molecular complexity index is 424. The third-order valence-electron chi connectivity index (χ3n) is 5.31. The summed E-state index contributed by atoms with van der Waals surface area (Å²) in [5.41, 5.74) is 6.88. The van der Waals surface area contributed by atoms with E-state index >= 15 is 0 Å². The lowest BCUT2D eigenvalue weighted by molar-refractivity contribution is 0.168. The Morgan fingerprint density at radius 1 is 1.15 bits per heavy atom. The van der Waals surface area contributed by atoms with E-state index in [0.29, 0.717) is 0 Å². The lowest BCUT2D eigenvalue weighted by Crippen LogP contribution is -2.43. The largest absolute Gasteiger partial charge is 0.394 e. The van der Waals surface area contributed by atoms with Gasteiger partial charge in [-0.05, 0) is 36.7 Å². The zero-order valence-corrected chi connectivity index (χ0v) is 12.2. The topological polar surface area (TPSA) is 49.5 Å².